The first kappa shape index (κ1) is 23.6. The fraction of sp³-hybridized carbons (Fsp3) is 0.364. The lowest BCUT2D eigenvalue weighted by atomic mass is 10.0. The van der Waals surface area contributed by atoms with Crippen molar-refractivity contribution >= 4 is 11.7 Å². The van der Waals surface area contributed by atoms with E-state index in [1.54, 1.807) is 31.2 Å². The molecule has 0 saturated carbocycles. The van der Waals surface area contributed by atoms with E-state index in [4.69, 9.17) is 16.2 Å². The molecule has 172 valence electrons. The summed E-state index contributed by atoms with van der Waals surface area (Å²) in [4.78, 5) is 12.0. The number of anilines is 1. The average molecular weight is 449 g/mol. The number of aromatic nitrogens is 2. The van der Waals surface area contributed by atoms with Crippen LogP contribution in [0.15, 0.2) is 47.8 Å². The average Bonchev–Trinajstić information content (AvgIpc) is 3.26. The molecule has 1 saturated heterocycles. The molecule has 1 fully saturated rings. The van der Waals surface area contributed by atoms with Crippen LogP contribution in [0.1, 0.15) is 35.8 Å². The predicted octanol–water partition coefficient (Wildman–Crippen LogP) is 3.35. The van der Waals surface area contributed by atoms with Crippen molar-refractivity contribution in [2.45, 2.75) is 32.4 Å². The summed E-state index contributed by atoms with van der Waals surface area (Å²) in [6.45, 7) is 3.47. The lowest BCUT2D eigenvalue weighted by Gasteiger charge is -2.18. The van der Waals surface area contributed by atoms with Crippen molar-refractivity contribution < 1.29 is 22.7 Å². The molecule has 2 heterocycles. The van der Waals surface area contributed by atoms with Gasteiger partial charge in [-0.2, -0.15) is 5.10 Å². The standard InChI is InChI=1S/C22H26F3N5O2/c1-3-16(23)8-13(2)9-28-10-14-4-6-15(7-5-14)19-18(21(27)31)20(26)30(29-19)17-11-32-12-22(17,24)25/h3-8,17,28H,9-12,26H2,1-2H3,(H2,27,31)/b13-8+,16-3+. The number of carbonyl (C=O) groups excluding carboxylic acids is 1. The molecule has 1 aromatic heterocycles. The van der Waals surface area contributed by atoms with Gasteiger partial charge in [0.1, 0.15) is 35.6 Å². The monoisotopic (exact) mass is 449 g/mol. The second kappa shape index (κ2) is 9.58. The molecule has 7 nitrogen and oxygen atoms in total. The van der Waals surface area contributed by atoms with Crippen LogP contribution in [0, 0.1) is 0 Å². The van der Waals surface area contributed by atoms with Crippen LogP contribution in [0.4, 0.5) is 19.0 Å². The first-order chi connectivity index (χ1) is 15.1. The summed E-state index contributed by atoms with van der Waals surface area (Å²) >= 11 is 0. The fourth-order valence-electron chi connectivity index (χ4n) is 3.46. The number of carbonyl (C=O) groups is 1. The van der Waals surface area contributed by atoms with E-state index in [9.17, 15) is 18.0 Å². The van der Waals surface area contributed by atoms with Gasteiger partial charge in [0.25, 0.3) is 11.8 Å². The number of nitrogens with two attached hydrogens (primary N) is 2. The number of alkyl halides is 2. The van der Waals surface area contributed by atoms with Gasteiger partial charge in [-0.05, 0) is 25.5 Å². The third-order valence-corrected chi connectivity index (χ3v) is 5.17. The zero-order valence-electron chi connectivity index (χ0n) is 17.9. The van der Waals surface area contributed by atoms with Gasteiger partial charge in [0.2, 0.25) is 0 Å². The van der Waals surface area contributed by atoms with Crippen LogP contribution in [0.25, 0.3) is 11.3 Å². The van der Waals surface area contributed by atoms with Crippen LogP contribution in [-0.2, 0) is 11.3 Å². The van der Waals surface area contributed by atoms with Gasteiger partial charge in [-0.1, -0.05) is 35.9 Å². The number of hydrogen-bond acceptors (Lipinski definition) is 5. The molecule has 0 aliphatic carbocycles. The Kier molecular flexibility index (Phi) is 7.05. The summed E-state index contributed by atoms with van der Waals surface area (Å²) < 4.78 is 47.4. The minimum absolute atomic E-state index is 0.106. The molecule has 3 rings (SSSR count). The van der Waals surface area contributed by atoms with E-state index in [1.807, 2.05) is 6.92 Å². The summed E-state index contributed by atoms with van der Waals surface area (Å²) in [5.41, 5.74) is 13.8. The topological polar surface area (TPSA) is 108 Å². The molecule has 1 aliphatic rings. The first-order valence-electron chi connectivity index (χ1n) is 10.1. The summed E-state index contributed by atoms with van der Waals surface area (Å²) in [7, 11) is 0. The molecular weight excluding hydrogens is 423 g/mol. The molecular formula is C22H26F3N5O2. The van der Waals surface area contributed by atoms with E-state index in [1.165, 1.54) is 12.2 Å². The molecule has 32 heavy (non-hydrogen) atoms. The predicted molar refractivity (Wildman–Crippen MR) is 116 cm³/mol. The maximum Gasteiger partial charge on any atom is 0.295 e. The van der Waals surface area contributed by atoms with Crippen molar-refractivity contribution in [2.24, 2.45) is 5.73 Å². The molecule has 2 aromatic rings. The summed E-state index contributed by atoms with van der Waals surface area (Å²) in [5.74, 6) is -4.53. The second-order valence-electron chi connectivity index (χ2n) is 7.67. The van der Waals surface area contributed by atoms with Gasteiger partial charge in [-0.15, -0.1) is 0 Å². The lowest BCUT2D eigenvalue weighted by molar-refractivity contribution is -0.0344. The number of nitrogens with one attached hydrogen (secondary N) is 1. The number of ether oxygens (including phenoxy) is 1. The van der Waals surface area contributed by atoms with Gasteiger partial charge < -0.3 is 21.5 Å². The van der Waals surface area contributed by atoms with Gasteiger partial charge >= 0.3 is 0 Å². The van der Waals surface area contributed by atoms with Crippen LogP contribution in [0.3, 0.4) is 0 Å². The molecule has 1 unspecified atom stereocenters. The number of hydrogen-bond donors (Lipinski definition) is 3. The zero-order valence-corrected chi connectivity index (χ0v) is 17.9. The van der Waals surface area contributed by atoms with E-state index in [0.29, 0.717) is 18.7 Å². The van der Waals surface area contributed by atoms with Crippen LogP contribution < -0.4 is 16.8 Å². The Morgan fingerprint density at radius 3 is 2.62 bits per heavy atom. The van der Waals surface area contributed by atoms with E-state index in [0.717, 1.165) is 15.8 Å². The van der Waals surface area contributed by atoms with Crippen LogP contribution in [0.5, 0.6) is 0 Å². The molecule has 0 spiro atoms. The fourth-order valence-corrected chi connectivity index (χ4v) is 3.46. The molecule has 1 aliphatic heterocycles. The number of primary amides is 1. The zero-order chi connectivity index (χ0) is 23.5. The summed E-state index contributed by atoms with van der Waals surface area (Å²) in [6, 6.07) is 5.62. The van der Waals surface area contributed by atoms with E-state index in [2.05, 4.69) is 10.4 Å². The molecule has 5 N–H and O–H groups in total. The van der Waals surface area contributed by atoms with E-state index < -0.39 is 24.5 Å². The van der Waals surface area contributed by atoms with Gasteiger partial charge in [0.15, 0.2) is 0 Å². The Morgan fingerprint density at radius 1 is 1.38 bits per heavy atom. The molecule has 10 heteroatoms. The number of benzene rings is 1. The molecule has 0 bridgehead atoms. The number of rotatable bonds is 8. The van der Waals surface area contributed by atoms with Crippen LogP contribution in [0.2, 0.25) is 0 Å². The normalized spacial score (nSPS) is 18.8. The highest BCUT2D eigenvalue weighted by Crippen LogP contribution is 2.38. The molecule has 1 aromatic carbocycles. The van der Waals surface area contributed by atoms with Crippen molar-refractivity contribution in [1.82, 2.24) is 15.1 Å². The van der Waals surface area contributed by atoms with Crippen LogP contribution in [-0.4, -0.2) is 41.4 Å². The highest BCUT2D eigenvalue weighted by Gasteiger charge is 2.48. The number of halogens is 3. The third-order valence-electron chi connectivity index (χ3n) is 5.17. The van der Waals surface area contributed by atoms with Gasteiger partial charge in [-0.25, -0.2) is 17.9 Å². The highest BCUT2D eigenvalue weighted by atomic mass is 19.3. The van der Waals surface area contributed by atoms with Crippen molar-refractivity contribution in [2.75, 3.05) is 25.5 Å². The van der Waals surface area contributed by atoms with Crippen molar-refractivity contribution in [3.63, 3.8) is 0 Å². The van der Waals surface area contributed by atoms with Gasteiger partial charge in [0.05, 0.1) is 6.61 Å². The first-order valence-corrected chi connectivity index (χ1v) is 10.1. The maximum atomic E-state index is 14.1. The Labute approximate surface area is 183 Å². The number of allylic oxidation sites excluding steroid dienone is 3. The minimum Gasteiger partial charge on any atom is -0.383 e. The smallest absolute Gasteiger partial charge is 0.295 e. The Hall–Kier alpha value is -3.11. The van der Waals surface area contributed by atoms with Gasteiger partial charge in [0, 0.05) is 18.7 Å². The van der Waals surface area contributed by atoms with Crippen molar-refractivity contribution in [3.05, 3.63) is 58.9 Å². The second-order valence-corrected chi connectivity index (χ2v) is 7.67. The number of nitrogens with zero attached hydrogens (tertiary/aromatic N) is 2. The number of amides is 1. The van der Waals surface area contributed by atoms with Crippen molar-refractivity contribution in [3.8, 4) is 11.3 Å². The van der Waals surface area contributed by atoms with E-state index in [-0.39, 0.29) is 29.5 Å². The van der Waals surface area contributed by atoms with Gasteiger partial charge in [-0.3, -0.25) is 4.79 Å². The molecule has 1 amide bonds. The SMILES string of the molecule is C/C=C(F)\C=C(/C)CNCc1ccc(-c2nn(C3COCC3(F)F)c(N)c2C(N)=O)cc1. The summed E-state index contributed by atoms with van der Waals surface area (Å²) in [5, 5.41) is 7.40. The van der Waals surface area contributed by atoms with Crippen molar-refractivity contribution in [1.29, 1.82) is 0 Å². The number of nitrogen functional groups attached to an aromatic ring is 1. The third kappa shape index (κ3) is 5.03. The Bertz CT molecular complexity index is 1040. The summed E-state index contributed by atoms with van der Waals surface area (Å²) in [6.07, 6.45) is 2.85. The minimum atomic E-state index is -3.16. The maximum absolute atomic E-state index is 14.1. The largest absolute Gasteiger partial charge is 0.383 e. The molecule has 0 radical (unpaired) electrons. The Morgan fingerprint density at radius 2 is 2.06 bits per heavy atom. The van der Waals surface area contributed by atoms with Crippen LogP contribution >= 0.6 is 0 Å². The molecule has 1 atom stereocenters. The van der Waals surface area contributed by atoms with E-state index >= 15 is 0 Å². The lowest BCUT2D eigenvalue weighted by Crippen LogP contribution is -2.31. The Balaban J connectivity index is 1.79. The highest BCUT2D eigenvalue weighted by molar-refractivity contribution is 6.03. The quantitative estimate of drug-likeness (QED) is 0.536.